The lowest BCUT2D eigenvalue weighted by molar-refractivity contribution is -0.134. The summed E-state index contributed by atoms with van der Waals surface area (Å²) in [5, 5.41) is 2.16. The van der Waals surface area contributed by atoms with Crippen LogP contribution in [0.5, 0.6) is 5.75 Å². The molecular formula is C24H19NO4. The molecule has 3 aromatic carbocycles. The largest absolute Gasteiger partial charge is 0.427 e. The van der Waals surface area contributed by atoms with Gasteiger partial charge >= 0.3 is 11.9 Å². The third kappa shape index (κ3) is 4.24. The van der Waals surface area contributed by atoms with Crippen LogP contribution in [0.1, 0.15) is 30.9 Å². The number of cyclic esters (lactones) is 1. The van der Waals surface area contributed by atoms with E-state index in [1.54, 1.807) is 30.3 Å². The van der Waals surface area contributed by atoms with Gasteiger partial charge in [0.2, 0.25) is 5.90 Å². The summed E-state index contributed by atoms with van der Waals surface area (Å²) in [4.78, 5) is 28.2. The zero-order valence-electron chi connectivity index (χ0n) is 15.9. The summed E-state index contributed by atoms with van der Waals surface area (Å²) in [6, 6.07) is 20.7. The maximum atomic E-state index is 12.2. The Balaban J connectivity index is 1.55. The SMILES string of the molecule is CCCC(=O)Oc1ccc(/C=C2\N=C(c3ccc4ccccc4c3)OC2=O)cc1. The summed E-state index contributed by atoms with van der Waals surface area (Å²) >= 11 is 0. The van der Waals surface area contributed by atoms with Gasteiger partial charge in [-0.25, -0.2) is 9.79 Å². The monoisotopic (exact) mass is 385 g/mol. The zero-order chi connectivity index (χ0) is 20.2. The van der Waals surface area contributed by atoms with Gasteiger partial charge < -0.3 is 9.47 Å². The predicted molar refractivity (Wildman–Crippen MR) is 112 cm³/mol. The van der Waals surface area contributed by atoms with E-state index in [9.17, 15) is 9.59 Å². The number of esters is 2. The second-order valence-corrected chi connectivity index (χ2v) is 6.69. The van der Waals surface area contributed by atoms with E-state index < -0.39 is 5.97 Å². The van der Waals surface area contributed by atoms with Gasteiger partial charge in [0.1, 0.15) is 5.75 Å². The van der Waals surface area contributed by atoms with Crippen molar-refractivity contribution in [3.63, 3.8) is 0 Å². The number of carbonyl (C=O) groups is 2. The van der Waals surface area contributed by atoms with Crippen molar-refractivity contribution in [1.29, 1.82) is 0 Å². The van der Waals surface area contributed by atoms with Crippen LogP contribution in [0.4, 0.5) is 0 Å². The van der Waals surface area contributed by atoms with Gasteiger partial charge in [-0.2, -0.15) is 0 Å². The van der Waals surface area contributed by atoms with E-state index >= 15 is 0 Å². The summed E-state index contributed by atoms with van der Waals surface area (Å²) in [6.07, 6.45) is 2.76. The lowest BCUT2D eigenvalue weighted by atomic mass is 10.1. The fourth-order valence-electron chi connectivity index (χ4n) is 3.03. The van der Waals surface area contributed by atoms with Crippen LogP contribution < -0.4 is 4.74 Å². The molecule has 0 N–H and O–H groups in total. The van der Waals surface area contributed by atoms with Gasteiger partial charge in [0.05, 0.1) is 0 Å². The molecule has 5 heteroatoms. The van der Waals surface area contributed by atoms with Crippen molar-refractivity contribution in [3.8, 4) is 5.75 Å². The number of nitrogens with zero attached hydrogens (tertiary/aromatic N) is 1. The van der Waals surface area contributed by atoms with Gasteiger partial charge in [-0.3, -0.25) is 4.79 Å². The fraction of sp³-hybridized carbons (Fsp3) is 0.125. The second kappa shape index (κ2) is 8.10. The molecule has 0 aliphatic carbocycles. The summed E-state index contributed by atoms with van der Waals surface area (Å²) in [6.45, 7) is 1.92. The van der Waals surface area contributed by atoms with Crippen LogP contribution in [0.2, 0.25) is 0 Å². The molecule has 1 heterocycles. The first-order valence-corrected chi connectivity index (χ1v) is 9.45. The number of ether oxygens (including phenoxy) is 2. The highest BCUT2D eigenvalue weighted by molar-refractivity contribution is 6.13. The molecule has 0 saturated heterocycles. The van der Waals surface area contributed by atoms with Crippen molar-refractivity contribution in [2.75, 3.05) is 0 Å². The third-order valence-corrected chi connectivity index (χ3v) is 4.49. The molecule has 0 fully saturated rings. The summed E-state index contributed by atoms with van der Waals surface area (Å²) in [7, 11) is 0. The molecule has 4 rings (SSSR count). The fourth-order valence-corrected chi connectivity index (χ4v) is 3.03. The predicted octanol–water partition coefficient (Wildman–Crippen LogP) is 4.89. The van der Waals surface area contributed by atoms with E-state index in [4.69, 9.17) is 9.47 Å². The van der Waals surface area contributed by atoms with Crippen molar-refractivity contribution >= 4 is 34.7 Å². The minimum absolute atomic E-state index is 0.226. The number of rotatable bonds is 5. The van der Waals surface area contributed by atoms with Gasteiger partial charge in [0.15, 0.2) is 5.70 Å². The first-order valence-electron chi connectivity index (χ1n) is 9.45. The summed E-state index contributed by atoms with van der Waals surface area (Å²) < 4.78 is 10.6. The molecule has 0 bridgehead atoms. The molecular weight excluding hydrogens is 366 g/mol. The van der Waals surface area contributed by atoms with Crippen LogP contribution in [-0.4, -0.2) is 17.8 Å². The maximum absolute atomic E-state index is 12.2. The third-order valence-electron chi connectivity index (χ3n) is 4.49. The van der Waals surface area contributed by atoms with Crippen LogP contribution >= 0.6 is 0 Å². The highest BCUT2D eigenvalue weighted by Gasteiger charge is 2.24. The zero-order valence-corrected chi connectivity index (χ0v) is 15.9. The molecule has 0 aromatic heterocycles. The van der Waals surface area contributed by atoms with E-state index in [1.165, 1.54) is 0 Å². The summed E-state index contributed by atoms with van der Waals surface area (Å²) in [5.41, 5.74) is 1.73. The first-order chi connectivity index (χ1) is 14.1. The highest BCUT2D eigenvalue weighted by atomic mass is 16.6. The van der Waals surface area contributed by atoms with Crippen LogP contribution in [-0.2, 0) is 14.3 Å². The minimum atomic E-state index is -0.494. The topological polar surface area (TPSA) is 65.0 Å². The molecule has 0 saturated carbocycles. The molecule has 1 aliphatic heterocycles. The van der Waals surface area contributed by atoms with Gasteiger partial charge in [-0.1, -0.05) is 49.4 Å². The van der Waals surface area contributed by atoms with Crippen molar-refractivity contribution in [3.05, 3.63) is 83.6 Å². The van der Waals surface area contributed by atoms with Crippen LogP contribution in [0.3, 0.4) is 0 Å². The Kier molecular flexibility index (Phi) is 5.20. The van der Waals surface area contributed by atoms with Crippen molar-refractivity contribution in [2.45, 2.75) is 19.8 Å². The Morgan fingerprint density at radius 3 is 2.55 bits per heavy atom. The van der Waals surface area contributed by atoms with Crippen molar-refractivity contribution in [1.82, 2.24) is 0 Å². The Bertz CT molecular complexity index is 1140. The lowest BCUT2D eigenvalue weighted by Crippen LogP contribution is -2.06. The number of hydrogen-bond acceptors (Lipinski definition) is 5. The Morgan fingerprint density at radius 1 is 1.03 bits per heavy atom. The smallest absolute Gasteiger partial charge is 0.363 e. The molecule has 0 atom stereocenters. The minimum Gasteiger partial charge on any atom is -0.427 e. The van der Waals surface area contributed by atoms with Gasteiger partial charge in [-0.15, -0.1) is 0 Å². The van der Waals surface area contributed by atoms with Crippen molar-refractivity contribution < 1.29 is 19.1 Å². The molecule has 0 radical (unpaired) electrons. The first kappa shape index (κ1) is 18.6. The number of aliphatic imine (C=N–C) groups is 1. The standard InChI is InChI=1S/C24H19NO4/c1-2-5-22(26)28-20-12-8-16(9-13-20)14-21-24(27)29-23(25-21)19-11-10-17-6-3-4-7-18(17)15-19/h3-4,6-15H,2,5H2,1H3/b21-14-. The van der Waals surface area contributed by atoms with Crippen LogP contribution in [0, 0.1) is 0 Å². The Morgan fingerprint density at radius 2 is 1.79 bits per heavy atom. The molecule has 1 aliphatic rings. The van der Waals surface area contributed by atoms with Crippen LogP contribution in [0.25, 0.3) is 16.8 Å². The van der Waals surface area contributed by atoms with E-state index in [2.05, 4.69) is 4.99 Å². The quantitative estimate of drug-likeness (QED) is 0.356. The van der Waals surface area contributed by atoms with E-state index in [1.807, 2.05) is 49.4 Å². The molecule has 5 nitrogen and oxygen atoms in total. The highest BCUT2D eigenvalue weighted by Crippen LogP contribution is 2.23. The second-order valence-electron chi connectivity index (χ2n) is 6.69. The number of hydrogen-bond donors (Lipinski definition) is 0. The normalized spacial score (nSPS) is 14.7. The molecule has 0 unspecified atom stereocenters. The maximum Gasteiger partial charge on any atom is 0.363 e. The summed E-state index contributed by atoms with van der Waals surface area (Å²) in [5.74, 6) is 0.00582. The molecule has 3 aromatic rings. The molecule has 144 valence electrons. The number of fused-ring (bicyclic) bond motifs is 1. The van der Waals surface area contributed by atoms with Crippen LogP contribution in [0.15, 0.2) is 77.4 Å². The lowest BCUT2D eigenvalue weighted by Gasteiger charge is -2.03. The average molecular weight is 385 g/mol. The molecule has 0 spiro atoms. The Hall–Kier alpha value is -3.73. The average Bonchev–Trinajstić information content (AvgIpc) is 3.09. The van der Waals surface area contributed by atoms with Gasteiger partial charge in [0.25, 0.3) is 0 Å². The Labute approximate surface area is 168 Å². The van der Waals surface area contributed by atoms with E-state index in [0.29, 0.717) is 12.2 Å². The molecule has 29 heavy (non-hydrogen) atoms. The molecule has 0 amide bonds. The number of carbonyl (C=O) groups excluding carboxylic acids is 2. The number of benzene rings is 3. The van der Waals surface area contributed by atoms with Gasteiger partial charge in [-0.05, 0) is 53.1 Å². The van der Waals surface area contributed by atoms with Crippen molar-refractivity contribution in [2.24, 2.45) is 4.99 Å². The van der Waals surface area contributed by atoms with E-state index in [0.717, 1.165) is 28.3 Å². The van der Waals surface area contributed by atoms with E-state index in [-0.39, 0.29) is 17.6 Å². The van der Waals surface area contributed by atoms with Gasteiger partial charge in [0, 0.05) is 12.0 Å².